The van der Waals surface area contributed by atoms with E-state index in [0.717, 1.165) is 37.7 Å². The summed E-state index contributed by atoms with van der Waals surface area (Å²) in [5, 5.41) is 0.973. The first kappa shape index (κ1) is 24.9. The third kappa shape index (κ3) is 5.18. The third-order valence-electron chi connectivity index (χ3n) is 6.78. The third-order valence-corrected chi connectivity index (χ3v) is 7.28. The van der Waals surface area contributed by atoms with Crippen molar-refractivity contribution in [2.45, 2.75) is 20.3 Å². The summed E-state index contributed by atoms with van der Waals surface area (Å²) >= 11 is 3.53. The maximum atomic E-state index is 13.2. The van der Waals surface area contributed by atoms with Crippen molar-refractivity contribution in [3.05, 3.63) is 130 Å². The second-order valence-corrected chi connectivity index (χ2v) is 10.2. The second-order valence-electron chi connectivity index (χ2n) is 9.32. The van der Waals surface area contributed by atoms with Gasteiger partial charge in [-0.15, -0.1) is 0 Å². The highest BCUT2D eigenvalue weighted by molar-refractivity contribution is 9.10. The molecule has 0 atom stereocenters. The minimum absolute atomic E-state index is 0.00545. The molecule has 0 aliphatic carbocycles. The molecule has 0 saturated carbocycles. The van der Waals surface area contributed by atoms with E-state index in [2.05, 4.69) is 66.7 Å². The van der Waals surface area contributed by atoms with E-state index in [1.54, 1.807) is 0 Å². The monoisotopic (exact) mass is 544 g/mol. The van der Waals surface area contributed by atoms with Crippen molar-refractivity contribution in [3.63, 3.8) is 0 Å². The summed E-state index contributed by atoms with van der Waals surface area (Å²) in [6.07, 6.45) is 0.559. The van der Waals surface area contributed by atoms with Gasteiger partial charge in [-0.2, -0.15) is 0 Å². The van der Waals surface area contributed by atoms with E-state index >= 15 is 0 Å². The standard InChI is InChI=1S/C24H16BBrN2O.C8H10/c1-15-13-17-14-18(26)11-12-20(17)25(23(15)29)24-27-21-10-6-5-9-19(21)22(28-24)16-7-3-2-4-8-16;1-7-5-3-4-6-8(7)2/h2-12,14H,1,13H2;3-6H,1-2H3. The predicted octanol–water partition coefficient (Wildman–Crippen LogP) is 6.19. The quantitative estimate of drug-likeness (QED) is 0.196. The molecule has 5 aromatic rings. The average Bonchev–Trinajstić information content (AvgIpc) is 2.91. The summed E-state index contributed by atoms with van der Waals surface area (Å²) in [6.45, 7) is 7.73. The van der Waals surface area contributed by atoms with Crippen LogP contribution in [0.25, 0.3) is 22.2 Å². The molecule has 1 aliphatic rings. The fourth-order valence-electron chi connectivity index (χ4n) is 4.63. The largest absolute Gasteiger partial charge is 0.341 e. The first-order valence-electron chi connectivity index (χ1n) is 12.3. The zero-order chi connectivity index (χ0) is 25.9. The molecule has 180 valence electrons. The number of hydrogen-bond donors (Lipinski definition) is 0. The molecule has 0 fully saturated rings. The molecule has 0 bridgehead atoms. The maximum absolute atomic E-state index is 13.2. The van der Waals surface area contributed by atoms with Crippen LogP contribution in [0.15, 0.2) is 114 Å². The Bertz CT molecular complexity index is 1610. The number of aromatic nitrogens is 2. The highest BCUT2D eigenvalue weighted by atomic mass is 79.9. The number of allylic oxidation sites excluding steroid dienone is 1. The molecule has 6 rings (SSSR count). The smallest absolute Gasteiger partial charge is 0.305 e. The van der Waals surface area contributed by atoms with Gasteiger partial charge < -0.3 is 4.79 Å². The van der Waals surface area contributed by atoms with E-state index in [9.17, 15) is 4.79 Å². The fraction of sp³-hybridized carbons (Fsp3) is 0.0938. The summed E-state index contributed by atoms with van der Waals surface area (Å²) < 4.78 is 0.988. The zero-order valence-corrected chi connectivity index (χ0v) is 22.5. The van der Waals surface area contributed by atoms with Crippen molar-refractivity contribution in [1.82, 2.24) is 9.97 Å². The van der Waals surface area contributed by atoms with Crippen molar-refractivity contribution in [1.29, 1.82) is 0 Å². The molecular weight excluding hydrogens is 519 g/mol. The maximum Gasteiger partial charge on any atom is 0.341 e. The van der Waals surface area contributed by atoms with Crippen molar-refractivity contribution >= 4 is 50.4 Å². The van der Waals surface area contributed by atoms with Gasteiger partial charge in [0.1, 0.15) is 11.4 Å². The van der Waals surface area contributed by atoms with Gasteiger partial charge >= 0.3 is 6.71 Å². The Kier molecular flexibility index (Phi) is 7.16. The summed E-state index contributed by atoms with van der Waals surface area (Å²) in [5.41, 5.74) is 8.58. The molecule has 5 heteroatoms. The fourth-order valence-corrected chi connectivity index (χ4v) is 5.04. The molecular formula is C32H26BBrN2O. The van der Waals surface area contributed by atoms with Gasteiger partial charge in [0, 0.05) is 15.4 Å². The predicted molar refractivity (Wildman–Crippen MR) is 158 cm³/mol. The van der Waals surface area contributed by atoms with Gasteiger partial charge in [0.05, 0.1) is 11.2 Å². The number of nitrogens with zero attached hydrogens (tertiary/aromatic N) is 2. The van der Waals surface area contributed by atoms with Gasteiger partial charge in [0.25, 0.3) is 0 Å². The van der Waals surface area contributed by atoms with E-state index in [1.807, 2.05) is 66.7 Å². The SMILES string of the molecule is C=C1Cc2cc(Br)ccc2B(c2nc(-c3ccccc3)c3ccccc3n2)C1=O.Cc1ccccc1C. The van der Waals surface area contributed by atoms with Crippen LogP contribution in [-0.2, 0) is 11.2 Å². The second kappa shape index (κ2) is 10.7. The number of aryl methyl sites for hydroxylation is 2. The lowest BCUT2D eigenvalue weighted by Crippen LogP contribution is -2.56. The number of halogens is 1. The van der Waals surface area contributed by atoms with Crippen LogP contribution in [0.5, 0.6) is 0 Å². The van der Waals surface area contributed by atoms with Gasteiger partial charge in [-0.25, -0.2) is 9.97 Å². The highest BCUT2D eigenvalue weighted by Crippen LogP contribution is 2.25. The van der Waals surface area contributed by atoms with E-state index in [4.69, 9.17) is 9.97 Å². The molecule has 3 nitrogen and oxygen atoms in total. The molecule has 2 heterocycles. The molecule has 1 aliphatic heterocycles. The zero-order valence-electron chi connectivity index (χ0n) is 20.9. The Morgan fingerprint density at radius 2 is 1.46 bits per heavy atom. The van der Waals surface area contributed by atoms with Gasteiger partial charge in [-0.3, -0.25) is 0 Å². The van der Waals surface area contributed by atoms with Crippen LogP contribution < -0.4 is 11.2 Å². The van der Waals surface area contributed by atoms with Gasteiger partial charge in [-0.1, -0.05) is 107 Å². The lowest BCUT2D eigenvalue weighted by atomic mass is 9.37. The van der Waals surface area contributed by atoms with Crippen LogP contribution in [0.2, 0.25) is 0 Å². The molecule has 0 N–H and O–H groups in total. The summed E-state index contributed by atoms with van der Waals surface area (Å²) in [4.78, 5) is 22.9. The topological polar surface area (TPSA) is 42.9 Å². The van der Waals surface area contributed by atoms with Crippen molar-refractivity contribution < 1.29 is 4.79 Å². The Labute approximate surface area is 226 Å². The molecule has 4 aromatic carbocycles. The Hall–Kier alpha value is -3.83. The van der Waals surface area contributed by atoms with E-state index in [-0.39, 0.29) is 5.68 Å². The van der Waals surface area contributed by atoms with Crippen LogP contribution in [0, 0.1) is 13.8 Å². The van der Waals surface area contributed by atoms with Crippen LogP contribution in [0.3, 0.4) is 0 Å². The van der Waals surface area contributed by atoms with Crippen molar-refractivity contribution in [2.24, 2.45) is 0 Å². The highest BCUT2D eigenvalue weighted by Gasteiger charge is 2.38. The van der Waals surface area contributed by atoms with Crippen molar-refractivity contribution in [3.8, 4) is 11.3 Å². The molecule has 0 saturated heterocycles. The Morgan fingerprint density at radius 1 is 0.811 bits per heavy atom. The van der Waals surface area contributed by atoms with E-state index in [0.29, 0.717) is 17.7 Å². The van der Waals surface area contributed by atoms with Crippen molar-refractivity contribution in [2.75, 3.05) is 0 Å². The lowest BCUT2D eigenvalue weighted by molar-refractivity contribution is -0.109. The Balaban J connectivity index is 0.000000301. The summed E-state index contributed by atoms with van der Waals surface area (Å²) in [7, 11) is 0. The normalized spacial score (nSPS) is 12.7. The number of fused-ring (bicyclic) bond motifs is 2. The van der Waals surface area contributed by atoms with Crippen LogP contribution in [0.4, 0.5) is 0 Å². The van der Waals surface area contributed by atoms with Crippen LogP contribution in [-0.4, -0.2) is 22.4 Å². The van der Waals surface area contributed by atoms with Crippen LogP contribution >= 0.6 is 15.9 Å². The number of rotatable bonds is 2. The Morgan fingerprint density at radius 3 is 2.16 bits per heavy atom. The van der Waals surface area contributed by atoms with E-state index in [1.165, 1.54) is 11.1 Å². The van der Waals surface area contributed by atoms with Gasteiger partial charge in [-0.05, 0) is 60.7 Å². The van der Waals surface area contributed by atoms with E-state index < -0.39 is 6.71 Å². The summed E-state index contributed by atoms with van der Waals surface area (Å²) in [5.74, 6) is 0. The number of para-hydroxylation sites is 1. The minimum atomic E-state index is -0.536. The first-order chi connectivity index (χ1) is 17.9. The molecule has 1 aromatic heterocycles. The number of hydrogen-bond acceptors (Lipinski definition) is 3. The lowest BCUT2D eigenvalue weighted by Gasteiger charge is -2.23. The number of carbonyl (C=O) groups excluding carboxylic acids is 1. The average molecular weight is 545 g/mol. The number of carbonyl (C=O) groups is 1. The molecule has 0 radical (unpaired) electrons. The number of benzene rings is 4. The summed E-state index contributed by atoms with van der Waals surface area (Å²) in [6, 6.07) is 32.3. The molecule has 0 unspecified atom stereocenters. The minimum Gasteiger partial charge on any atom is -0.305 e. The molecule has 0 amide bonds. The first-order valence-corrected chi connectivity index (χ1v) is 13.1. The van der Waals surface area contributed by atoms with Gasteiger partial charge in [0.2, 0.25) is 0 Å². The molecule has 0 spiro atoms. The molecule has 37 heavy (non-hydrogen) atoms. The van der Waals surface area contributed by atoms with Gasteiger partial charge in [0.15, 0.2) is 0 Å². The van der Waals surface area contributed by atoms with Crippen LogP contribution in [0.1, 0.15) is 16.7 Å².